The van der Waals surface area contributed by atoms with E-state index in [1.54, 1.807) is 35.6 Å². The molecule has 1 aromatic heterocycles. The van der Waals surface area contributed by atoms with Gasteiger partial charge in [-0.3, -0.25) is 10.1 Å². The molecule has 0 bridgehead atoms. The van der Waals surface area contributed by atoms with Gasteiger partial charge in [0.25, 0.3) is 0 Å². The second-order valence-electron chi connectivity index (χ2n) is 6.51. The summed E-state index contributed by atoms with van der Waals surface area (Å²) < 4.78 is 4.78. The van der Waals surface area contributed by atoms with Gasteiger partial charge in [0.2, 0.25) is 5.91 Å². The van der Waals surface area contributed by atoms with Crippen molar-refractivity contribution in [1.29, 1.82) is 0 Å². The van der Waals surface area contributed by atoms with Crippen molar-refractivity contribution in [3.8, 4) is 0 Å². The average molecular weight is 409 g/mol. The van der Waals surface area contributed by atoms with Gasteiger partial charge in [-0.05, 0) is 41.1 Å². The summed E-state index contributed by atoms with van der Waals surface area (Å²) in [7, 11) is 1.32. The molecule has 1 atom stereocenters. The molecule has 1 heterocycles. The van der Waals surface area contributed by atoms with Gasteiger partial charge in [-0.2, -0.15) is 0 Å². The normalized spacial score (nSPS) is 11.7. The summed E-state index contributed by atoms with van der Waals surface area (Å²) in [5.74, 6) is -0.713. The van der Waals surface area contributed by atoms with E-state index in [9.17, 15) is 9.59 Å². The smallest absolute Gasteiger partial charge is 0.339 e. The molecule has 3 rings (SSSR count). The van der Waals surface area contributed by atoms with Gasteiger partial charge in [-0.25, -0.2) is 4.79 Å². The number of anilines is 1. The number of para-hydroxylation sites is 1. The zero-order valence-corrected chi connectivity index (χ0v) is 17.3. The molecule has 0 aliphatic rings. The van der Waals surface area contributed by atoms with Gasteiger partial charge in [0.05, 0.1) is 30.9 Å². The molecule has 0 saturated heterocycles. The summed E-state index contributed by atoms with van der Waals surface area (Å²) in [6.07, 6.45) is 0.986. The number of hydrogen-bond donors (Lipinski definition) is 2. The molecule has 0 aliphatic heterocycles. The van der Waals surface area contributed by atoms with Gasteiger partial charge in [0, 0.05) is 4.88 Å². The second-order valence-corrected chi connectivity index (χ2v) is 7.49. The number of rotatable bonds is 8. The predicted octanol–water partition coefficient (Wildman–Crippen LogP) is 4.41. The van der Waals surface area contributed by atoms with E-state index in [0.717, 1.165) is 16.9 Å². The van der Waals surface area contributed by atoms with Gasteiger partial charge < -0.3 is 10.1 Å². The lowest BCUT2D eigenvalue weighted by Gasteiger charge is -2.18. The lowest BCUT2D eigenvalue weighted by molar-refractivity contribution is -0.115. The predicted molar refractivity (Wildman–Crippen MR) is 116 cm³/mol. The first-order chi connectivity index (χ1) is 14.1. The molecular formula is C23H24N2O3S. The Morgan fingerprint density at radius 1 is 1.03 bits per heavy atom. The van der Waals surface area contributed by atoms with E-state index in [0.29, 0.717) is 11.3 Å². The quantitative estimate of drug-likeness (QED) is 0.542. The Bertz CT molecular complexity index is 953. The van der Waals surface area contributed by atoms with Crippen molar-refractivity contribution in [3.05, 3.63) is 87.6 Å². The topological polar surface area (TPSA) is 67.4 Å². The van der Waals surface area contributed by atoms with Crippen LogP contribution in [0.5, 0.6) is 0 Å². The maximum absolute atomic E-state index is 12.6. The number of aryl methyl sites for hydroxylation is 1. The molecule has 0 aliphatic carbocycles. The number of benzene rings is 2. The number of amides is 1. The van der Waals surface area contributed by atoms with Crippen LogP contribution in [0.2, 0.25) is 0 Å². The van der Waals surface area contributed by atoms with Crippen molar-refractivity contribution in [2.24, 2.45) is 0 Å². The van der Waals surface area contributed by atoms with Gasteiger partial charge >= 0.3 is 5.97 Å². The van der Waals surface area contributed by atoms with E-state index in [4.69, 9.17) is 4.74 Å². The standard InChI is InChI=1S/C23H24N2O3S/c1-3-16-10-12-17(13-11-16)22(20-9-6-14-29-20)24-15-21(26)25-19-8-5-4-7-18(19)23(27)28-2/h4-14,22,24H,3,15H2,1-2H3,(H,25,26). The number of thiophene rings is 1. The molecular weight excluding hydrogens is 384 g/mol. The van der Waals surface area contributed by atoms with E-state index in [1.165, 1.54) is 12.7 Å². The molecule has 6 heteroatoms. The molecule has 0 saturated carbocycles. The molecule has 2 aromatic carbocycles. The fourth-order valence-corrected chi connectivity index (χ4v) is 3.88. The first kappa shape index (κ1) is 20.8. The van der Waals surface area contributed by atoms with Crippen LogP contribution in [0.3, 0.4) is 0 Å². The lowest BCUT2D eigenvalue weighted by Crippen LogP contribution is -2.32. The number of hydrogen-bond acceptors (Lipinski definition) is 5. The van der Waals surface area contributed by atoms with Gasteiger partial charge in [0.1, 0.15) is 0 Å². The van der Waals surface area contributed by atoms with E-state index >= 15 is 0 Å². The SMILES string of the molecule is CCc1ccc(C(NCC(=O)Nc2ccccc2C(=O)OC)c2cccs2)cc1. The Hall–Kier alpha value is -2.96. The van der Waals surface area contributed by atoms with Crippen LogP contribution in [0.4, 0.5) is 5.69 Å². The van der Waals surface area contributed by atoms with Crippen molar-refractivity contribution in [2.45, 2.75) is 19.4 Å². The van der Waals surface area contributed by atoms with E-state index < -0.39 is 5.97 Å². The highest BCUT2D eigenvalue weighted by Crippen LogP contribution is 2.26. The van der Waals surface area contributed by atoms with Crippen molar-refractivity contribution in [1.82, 2.24) is 5.32 Å². The molecule has 1 unspecified atom stereocenters. The molecule has 2 N–H and O–H groups in total. The Kier molecular flexibility index (Phi) is 7.16. The fourth-order valence-electron chi connectivity index (χ4n) is 3.05. The van der Waals surface area contributed by atoms with Crippen molar-refractivity contribution < 1.29 is 14.3 Å². The minimum Gasteiger partial charge on any atom is -0.465 e. The summed E-state index contributed by atoms with van der Waals surface area (Å²) in [6, 6.07) is 19.2. The summed E-state index contributed by atoms with van der Waals surface area (Å²) >= 11 is 1.65. The third kappa shape index (κ3) is 5.31. The van der Waals surface area contributed by atoms with Crippen LogP contribution in [0.1, 0.15) is 39.3 Å². The summed E-state index contributed by atoms with van der Waals surface area (Å²) in [4.78, 5) is 25.6. The summed E-state index contributed by atoms with van der Waals surface area (Å²) in [6.45, 7) is 2.23. The van der Waals surface area contributed by atoms with Crippen LogP contribution in [0, 0.1) is 0 Å². The molecule has 0 radical (unpaired) electrons. The summed E-state index contributed by atoms with van der Waals surface area (Å²) in [5, 5.41) is 8.16. The maximum atomic E-state index is 12.6. The molecule has 29 heavy (non-hydrogen) atoms. The number of esters is 1. The monoisotopic (exact) mass is 408 g/mol. The van der Waals surface area contributed by atoms with Crippen LogP contribution in [-0.4, -0.2) is 25.5 Å². The second kappa shape index (κ2) is 10.0. The molecule has 1 amide bonds. The van der Waals surface area contributed by atoms with Gasteiger partial charge in [0.15, 0.2) is 0 Å². The molecule has 5 nitrogen and oxygen atoms in total. The minimum absolute atomic E-state index is 0.0810. The highest BCUT2D eigenvalue weighted by molar-refractivity contribution is 7.10. The lowest BCUT2D eigenvalue weighted by atomic mass is 10.0. The zero-order valence-electron chi connectivity index (χ0n) is 16.5. The molecule has 150 valence electrons. The van der Waals surface area contributed by atoms with Crippen molar-refractivity contribution >= 4 is 28.9 Å². The number of methoxy groups -OCH3 is 1. The Labute approximate surface area is 174 Å². The number of ether oxygens (including phenoxy) is 1. The third-order valence-corrected chi connectivity index (χ3v) is 5.56. The van der Waals surface area contributed by atoms with Crippen molar-refractivity contribution in [3.63, 3.8) is 0 Å². The number of carbonyl (C=O) groups is 2. The largest absolute Gasteiger partial charge is 0.465 e. The first-order valence-electron chi connectivity index (χ1n) is 9.45. The highest BCUT2D eigenvalue weighted by atomic mass is 32.1. The van der Waals surface area contributed by atoms with Crippen molar-refractivity contribution in [2.75, 3.05) is 19.0 Å². The molecule has 3 aromatic rings. The van der Waals surface area contributed by atoms with E-state index in [1.807, 2.05) is 11.4 Å². The van der Waals surface area contributed by atoms with Crippen LogP contribution in [0.25, 0.3) is 0 Å². The van der Waals surface area contributed by atoms with Gasteiger partial charge in [-0.15, -0.1) is 11.3 Å². The van der Waals surface area contributed by atoms with Crippen LogP contribution in [0.15, 0.2) is 66.0 Å². The Morgan fingerprint density at radius 3 is 2.45 bits per heavy atom. The van der Waals surface area contributed by atoms with Gasteiger partial charge in [-0.1, -0.05) is 49.4 Å². The first-order valence-corrected chi connectivity index (χ1v) is 10.3. The fraction of sp³-hybridized carbons (Fsp3) is 0.217. The Balaban J connectivity index is 1.71. The Morgan fingerprint density at radius 2 is 1.79 bits per heavy atom. The van der Waals surface area contributed by atoms with Crippen LogP contribution >= 0.6 is 11.3 Å². The highest BCUT2D eigenvalue weighted by Gasteiger charge is 2.18. The van der Waals surface area contributed by atoms with Crippen LogP contribution in [-0.2, 0) is 16.0 Å². The van der Waals surface area contributed by atoms with E-state index in [-0.39, 0.29) is 18.5 Å². The zero-order chi connectivity index (χ0) is 20.6. The molecule has 0 spiro atoms. The van der Waals surface area contributed by atoms with E-state index in [2.05, 4.69) is 47.9 Å². The average Bonchev–Trinajstić information content (AvgIpc) is 3.29. The third-order valence-electron chi connectivity index (χ3n) is 4.62. The number of nitrogens with one attached hydrogen (secondary N) is 2. The molecule has 0 fully saturated rings. The minimum atomic E-state index is -0.485. The maximum Gasteiger partial charge on any atom is 0.339 e. The van der Waals surface area contributed by atoms with Crippen LogP contribution < -0.4 is 10.6 Å². The summed E-state index contributed by atoms with van der Waals surface area (Å²) in [5.41, 5.74) is 3.14. The number of carbonyl (C=O) groups excluding carboxylic acids is 2.